The number of para-hydroxylation sites is 1. The molecule has 0 aliphatic carbocycles. The molecule has 1 aromatic rings. The highest BCUT2D eigenvalue weighted by Gasteiger charge is 2.17. The molecule has 0 spiro atoms. The van der Waals surface area contributed by atoms with Gasteiger partial charge in [0.15, 0.2) is 0 Å². The Hall–Kier alpha value is -1.39. The van der Waals surface area contributed by atoms with Gasteiger partial charge in [0, 0.05) is 18.8 Å². The van der Waals surface area contributed by atoms with Crippen molar-refractivity contribution in [3.63, 3.8) is 0 Å². The van der Waals surface area contributed by atoms with Crippen molar-refractivity contribution in [3.05, 3.63) is 29.8 Å². The quantitative estimate of drug-likeness (QED) is 0.830. The largest absolute Gasteiger partial charge is 0.393 e. The van der Waals surface area contributed by atoms with Crippen LogP contribution >= 0.6 is 0 Å². The number of likely N-dealkylation sites (N-methyl/N-ethyl adjacent to an activating group) is 2. The van der Waals surface area contributed by atoms with E-state index in [0.29, 0.717) is 26.1 Å². The van der Waals surface area contributed by atoms with E-state index in [0.717, 1.165) is 11.3 Å². The van der Waals surface area contributed by atoms with Gasteiger partial charge in [-0.1, -0.05) is 18.2 Å². The Kier molecular flexibility index (Phi) is 6.68. The van der Waals surface area contributed by atoms with Crippen LogP contribution in [0, 0.1) is 6.92 Å². The first-order valence-corrected chi connectivity index (χ1v) is 7.18. The zero-order chi connectivity index (χ0) is 15.1. The summed E-state index contributed by atoms with van der Waals surface area (Å²) in [6, 6.07) is 7.93. The van der Waals surface area contributed by atoms with E-state index in [2.05, 4.69) is 0 Å². The van der Waals surface area contributed by atoms with Crippen LogP contribution in [0.4, 0.5) is 5.69 Å². The van der Waals surface area contributed by atoms with E-state index in [9.17, 15) is 9.90 Å². The van der Waals surface area contributed by atoms with Crippen molar-refractivity contribution in [1.29, 1.82) is 0 Å². The lowest BCUT2D eigenvalue weighted by Crippen LogP contribution is -2.40. The van der Waals surface area contributed by atoms with Crippen LogP contribution in [0.3, 0.4) is 0 Å². The van der Waals surface area contributed by atoms with Gasteiger partial charge in [-0.05, 0) is 45.9 Å². The molecule has 4 nitrogen and oxygen atoms in total. The lowest BCUT2D eigenvalue weighted by Gasteiger charge is -2.26. The molecule has 0 aromatic heterocycles. The zero-order valence-corrected chi connectivity index (χ0v) is 13.0. The Labute approximate surface area is 122 Å². The van der Waals surface area contributed by atoms with Gasteiger partial charge < -0.3 is 10.0 Å². The van der Waals surface area contributed by atoms with Crippen LogP contribution in [-0.2, 0) is 4.79 Å². The highest BCUT2D eigenvalue weighted by Crippen LogP contribution is 2.19. The molecule has 1 amide bonds. The monoisotopic (exact) mass is 278 g/mol. The molecule has 112 valence electrons. The van der Waals surface area contributed by atoms with Crippen LogP contribution in [-0.4, -0.2) is 48.7 Å². The van der Waals surface area contributed by atoms with Crippen LogP contribution < -0.4 is 4.90 Å². The van der Waals surface area contributed by atoms with Crippen molar-refractivity contribution >= 4 is 11.6 Å². The molecule has 0 radical (unpaired) electrons. The fourth-order valence-corrected chi connectivity index (χ4v) is 2.15. The number of rotatable bonds is 7. The number of carbonyl (C=O) groups is 1. The molecule has 0 fully saturated rings. The summed E-state index contributed by atoms with van der Waals surface area (Å²) in [6.07, 6.45) is 0.353. The van der Waals surface area contributed by atoms with E-state index in [1.54, 1.807) is 6.92 Å². The number of amides is 1. The molecule has 1 unspecified atom stereocenters. The molecule has 0 saturated carbocycles. The van der Waals surface area contributed by atoms with E-state index in [1.807, 2.05) is 55.0 Å². The van der Waals surface area contributed by atoms with Crippen molar-refractivity contribution in [2.24, 2.45) is 0 Å². The van der Waals surface area contributed by atoms with E-state index in [-0.39, 0.29) is 12.0 Å². The summed E-state index contributed by atoms with van der Waals surface area (Å²) in [7, 11) is 1.91. The standard InChI is InChI=1S/C16H26N2O2/c1-5-18(15-9-7-6-8-13(15)2)16(20)12-17(4)11-10-14(3)19/h6-9,14,19H,5,10-12H2,1-4H3. The summed E-state index contributed by atoms with van der Waals surface area (Å²) in [5.74, 6) is 0.0925. The van der Waals surface area contributed by atoms with Gasteiger partial charge in [0.2, 0.25) is 5.91 Å². The lowest BCUT2D eigenvalue weighted by molar-refractivity contribution is -0.119. The molecule has 1 atom stereocenters. The van der Waals surface area contributed by atoms with Crippen LogP contribution in [0.25, 0.3) is 0 Å². The first kappa shape index (κ1) is 16.7. The SMILES string of the molecule is CCN(C(=O)CN(C)CCC(C)O)c1ccccc1C. The summed E-state index contributed by atoms with van der Waals surface area (Å²) >= 11 is 0. The third-order valence-electron chi connectivity index (χ3n) is 3.36. The number of hydrogen-bond acceptors (Lipinski definition) is 3. The maximum absolute atomic E-state index is 12.4. The van der Waals surface area contributed by atoms with Gasteiger partial charge in [0.05, 0.1) is 12.6 Å². The molecule has 0 aliphatic rings. The number of aliphatic hydroxyl groups excluding tert-OH is 1. The van der Waals surface area contributed by atoms with Gasteiger partial charge in [-0.2, -0.15) is 0 Å². The number of hydrogen-bond donors (Lipinski definition) is 1. The topological polar surface area (TPSA) is 43.8 Å². The van der Waals surface area contributed by atoms with Crippen molar-refractivity contribution < 1.29 is 9.90 Å². The van der Waals surface area contributed by atoms with Crippen LogP contribution in [0.2, 0.25) is 0 Å². The van der Waals surface area contributed by atoms with Gasteiger partial charge in [-0.3, -0.25) is 9.69 Å². The Morgan fingerprint density at radius 2 is 2.00 bits per heavy atom. The molecule has 20 heavy (non-hydrogen) atoms. The van der Waals surface area contributed by atoms with Gasteiger partial charge in [0.1, 0.15) is 0 Å². The van der Waals surface area contributed by atoms with Crippen molar-refractivity contribution in [2.45, 2.75) is 33.3 Å². The molecular formula is C16H26N2O2. The molecule has 0 aliphatic heterocycles. The maximum Gasteiger partial charge on any atom is 0.241 e. The number of anilines is 1. The van der Waals surface area contributed by atoms with Gasteiger partial charge in [-0.25, -0.2) is 0 Å². The Balaban J connectivity index is 2.66. The Bertz CT molecular complexity index is 432. The maximum atomic E-state index is 12.4. The van der Waals surface area contributed by atoms with Gasteiger partial charge in [0.25, 0.3) is 0 Å². The van der Waals surface area contributed by atoms with Crippen LogP contribution in [0.5, 0.6) is 0 Å². The van der Waals surface area contributed by atoms with Crippen molar-refractivity contribution in [2.75, 3.05) is 31.6 Å². The summed E-state index contributed by atoms with van der Waals surface area (Å²) < 4.78 is 0. The molecule has 0 bridgehead atoms. The van der Waals surface area contributed by atoms with Crippen LogP contribution in [0.1, 0.15) is 25.8 Å². The van der Waals surface area contributed by atoms with E-state index >= 15 is 0 Å². The minimum absolute atomic E-state index is 0.0925. The molecular weight excluding hydrogens is 252 g/mol. The molecule has 1 N–H and O–H groups in total. The Morgan fingerprint density at radius 3 is 2.55 bits per heavy atom. The molecule has 4 heteroatoms. The smallest absolute Gasteiger partial charge is 0.241 e. The van der Waals surface area contributed by atoms with E-state index in [1.165, 1.54) is 0 Å². The number of carbonyl (C=O) groups excluding carboxylic acids is 1. The van der Waals surface area contributed by atoms with Crippen molar-refractivity contribution in [1.82, 2.24) is 4.90 Å². The third kappa shape index (κ3) is 4.94. The molecule has 0 heterocycles. The summed E-state index contributed by atoms with van der Waals surface area (Å²) in [4.78, 5) is 16.2. The predicted octanol–water partition coefficient (Wildman–Crippen LogP) is 2.05. The third-order valence-corrected chi connectivity index (χ3v) is 3.36. The fourth-order valence-electron chi connectivity index (χ4n) is 2.15. The van der Waals surface area contributed by atoms with E-state index in [4.69, 9.17) is 0 Å². The second-order valence-electron chi connectivity index (χ2n) is 5.30. The zero-order valence-electron chi connectivity index (χ0n) is 13.0. The molecule has 0 saturated heterocycles. The predicted molar refractivity (Wildman–Crippen MR) is 83.0 cm³/mol. The van der Waals surface area contributed by atoms with E-state index < -0.39 is 0 Å². The Morgan fingerprint density at radius 1 is 1.35 bits per heavy atom. The first-order chi connectivity index (χ1) is 9.45. The summed E-state index contributed by atoms with van der Waals surface area (Å²) in [5.41, 5.74) is 2.08. The minimum atomic E-state index is -0.328. The molecule has 1 aromatic carbocycles. The average Bonchev–Trinajstić information content (AvgIpc) is 2.39. The normalized spacial score (nSPS) is 12.5. The van der Waals surface area contributed by atoms with Crippen LogP contribution in [0.15, 0.2) is 24.3 Å². The fraction of sp³-hybridized carbons (Fsp3) is 0.562. The average molecular weight is 278 g/mol. The highest BCUT2D eigenvalue weighted by atomic mass is 16.3. The minimum Gasteiger partial charge on any atom is -0.393 e. The lowest BCUT2D eigenvalue weighted by atomic mass is 10.2. The summed E-state index contributed by atoms with van der Waals surface area (Å²) in [5, 5.41) is 9.28. The number of benzene rings is 1. The van der Waals surface area contributed by atoms with Crippen molar-refractivity contribution in [3.8, 4) is 0 Å². The number of nitrogens with zero attached hydrogens (tertiary/aromatic N) is 2. The molecule has 1 rings (SSSR count). The number of aliphatic hydroxyl groups is 1. The highest BCUT2D eigenvalue weighted by molar-refractivity contribution is 5.95. The van der Waals surface area contributed by atoms with Gasteiger partial charge >= 0.3 is 0 Å². The summed E-state index contributed by atoms with van der Waals surface area (Å²) in [6.45, 7) is 7.52. The van der Waals surface area contributed by atoms with Gasteiger partial charge in [-0.15, -0.1) is 0 Å². The second-order valence-corrected chi connectivity index (χ2v) is 5.30. The first-order valence-electron chi connectivity index (χ1n) is 7.18. The second kappa shape index (κ2) is 8.02. The number of aryl methyl sites for hydroxylation is 1.